The van der Waals surface area contributed by atoms with E-state index in [0.717, 1.165) is 18.4 Å². The predicted octanol–water partition coefficient (Wildman–Crippen LogP) is 6.88. The van der Waals surface area contributed by atoms with Crippen LogP contribution < -0.4 is 5.32 Å². The summed E-state index contributed by atoms with van der Waals surface area (Å²) in [6, 6.07) is 7.28. The number of piperazine rings is 1. The molecule has 0 aromatic heterocycles. The standard InChI is InChI=1S/C33H57N3O4/c1-2-3-4-5-6-7-8-9-10-11-12-13-14-15-16-19-22-34-32(38)31-21-18-17-20-29(31)27-30-28-35(25-26-37)23-24-36(30)33(39)40/h17-18,20-21,30,37H,2-16,19,22-28H2,1H3,(H,34,38)(H,39,40). The van der Waals surface area contributed by atoms with E-state index in [-0.39, 0.29) is 18.6 Å². The molecule has 1 atom stereocenters. The van der Waals surface area contributed by atoms with Crippen molar-refractivity contribution in [3.63, 3.8) is 0 Å². The summed E-state index contributed by atoms with van der Waals surface area (Å²) >= 11 is 0. The third-order valence-corrected chi connectivity index (χ3v) is 8.26. The van der Waals surface area contributed by atoms with Crippen molar-refractivity contribution in [2.75, 3.05) is 39.3 Å². The zero-order chi connectivity index (χ0) is 28.8. The lowest BCUT2D eigenvalue weighted by atomic mass is 9.97. The van der Waals surface area contributed by atoms with Gasteiger partial charge in [-0.25, -0.2) is 4.79 Å². The van der Waals surface area contributed by atoms with Crippen molar-refractivity contribution in [1.82, 2.24) is 15.1 Å². The van der Waals surface area contributed by atoms with Gasteiger partial charge in [-0.15, -0.1) is 0 Å². The van der Waals surface area contributed by atoms with Gasteiger partial charge in [-0.2, -0.15) is 0 Å². The van der Waals surface area contributed by atoms with E-state index in [9.17, 15) is 19.8 Å². The summed E-state index contributed by atoms with van der Waals surface area (Å²) in [4.78, 5) is 28.3. The maximum absolute atomic E-state index is 13.0. The highest BCUT2D eigenvalue weighted by molar-refractivity contribution is 5.95. The van der Waals surface area contributed by atoms with E-state index >= 15 is 0 Å². The monoisotopic (exact) mass is 559 g/mol. The van der Waals surface area contributed by atoms with Crippen LogP contribution in [0.15, 0.2) is 24.3 Å². The van der Waals surface area contributed by atoms with Gasteiger partial charge in [0.1, 0.15) is 0 Å². The fourth-order valence-electron chi connectivity index (χ4n) is 5.83. The van der Waals surface area contributed by atoms with Crippen LogP contribution in [0.3, 0.4) is 0 Å². The molecule has 228 valence electrons. The van der Waals surface area contributed by atoms with Crippen molar-refractivity contribution in [2.24, 2.45) is 0 Å². The fraction of sp³-hybridized carbons (Fsp3) is 0.758. The van der Waals surface area contributed by atoms with E-state index in [1.54, 1.807) is 0 Å². The molecule has 3 N–H and O–H groups in total. The maximum atomic E-state index is 13.0. The fourth-order valence-corrected chi connectivity index (χ4v) is 5.83. The molecule has 2 amide bonds. The third kappa shape index (κ3) is 14.0. The lowest BCUT2D eigenvalue weighted by Crippen LogP contribution is -2.56. The largest absolute Gasteiger partial charge is 0.465 e. The Kier molecular flexibility index (Phi) is 18.4. The molecule has 1 aromatic carbocycles. The van der Waals surface area contributed by atoms with Gasteiger partial charge in [0.25, 0.3) is 5.91 Å². The van der Waals surface area contributed by atoms with Crippen LogP contribution in [0.5, 0.6) is 0 Å². The first-order valence-corrected chi connectivity index (χ1v) is 16.3. The Morgan fingerprint density at radius 3 is 1.93 bits per heavy atom. The molecule has 0 saturated carbocycles. The first-order valence-electron chi connectivity index (χ1n) is 16.3. The summed E-state index contributed by atoms with van der Waals surface area (Å²) in [6.07, 6.45) is 20.8. The van der Waals surface area contributed by atoms with Crippen molar-refractivity contribution in [1.29, 1.82) is 0 Å². The molecule has 1 fully saturated rings. The molecule has 1 heterocycles. The van der Waals surface area contributed by atoms with Gasteiger partial charge in [0.15, 0.2) is 0 Å². The van der Waals surface area contributed by atoms with Gasteiger partial charge in [0.05, 0.1) is 12.6 Å². The minimum Gasteiger partial charge on any atom is -0.465 e. The van der Waals surface area contributed by atoms with Crippen LogP contribution in [0.4, 0.5) is 4.79 Å². The average Bonchev–Trinajstić information content (AvgIpc) is 2.95. The van der Waals surface area contributed by atoms with E-state index in [1.807, 2.05) is 24.3 Å². The normalized spacial score (nSPS) is 15.8. The number of β-amino-alcohol motifs (C(OH)–C–C–N with tert-alkyl or cyclic N) is 1. The first kappa shape index (κ1) is 34.1. The van der Waals surface area contributed by atoms with Crippen molar-refractivity contribution in [2.45, 2.75) is 122 Å². The van der Waals surface area contributed by atoms with Gasteiger partial charge in [-0.1, -0.05) is 121 Å². The van der Waals surface area contributed by atoms with E-state index in [0.29, 0.717) is 44.7 Å². The molecule has 0 radical (unpaired) electrons. The molecule has 7 heteroatoms. The predicted molar refractivity (Wildman–Crippen MR) is 164 cm³/mol. The van der Waals surface area contributed by atoms with Crippen LogP contribution in [-0.4, -0.2) is 77.4 Å². The minimum absolute atomic E-state index is 0.0537. The lowest BCUT2D eigenvalue weighted by Gasteiger charge is -2.40. The van der Waals surface area contributed by atoms with Crippen molar-refractivity contribution < 1.29 is 19.8 Å². The van der Waals surface area contributed by atoms with Crippen LogP contribution in [-0.2, 0) is 6.42 Å². The number of aliphatic hydroxyl groups is 1. The number of benzene rings is 1. The number of nitrogens with zero attached hydrogens (tertiary/aromatic N) is 2. The molecular weight excluding hydrogens is 502 g/mol. The van der Waals surface area contributed by atoms with E-state index < -0.39 is 6.09 Å². The number of amides is 2. The highest BCUT2D eigenvalue weighted by Gasteiger charge is 2.31. The second-order valence-corrected chi connectivity index (χ2v) is 11.6. The van der Waals surface area contributed by atoms with Crippen LogP contribution in [0, 0.1) is 0 Å². The highest BCUT2D eigenvalue weighted by Crippen LogP contribution is 2.19. The second kappa shape index (κ2) is 21.6. The number of hydrogen-bond donors (Lipinski definition) is 3. The Hall–Kier alpha value is -2.12. The Balaban J connectivity index is 1.58. The van der Waals surface area contributed by atoms with Gasteiger partial charge >= 0.3 is 6.09 Å². The zero-order valence-corrected chi connectivity index (χ0v) is 25.3. The van der Waals surface area contributed by atoms with Crippen molar-refractivity contribution in [3.8, 4) is 0 Å². The lowest BCUT2D eigenvalue weighted by molar-refractivity contribution is 0.0600. The van der Waals surface area contributed by atoms with Crippen LogP contribution >= 0.6 is 0 Å². The summed E-state index contributed by atoms with van der Waals surface area (Å²) in [5.41, 5.74) is 1.50. The van der Waals surface area contributed by atoms with Gasteiger partial charge in [-0.3, -0.25) is 9.69 Å². The number of unbranched alkanes of at least 4 members (excludes halogenated alkanes) is 15. The van der Waals surface area contributed by atoms with Crippen molar-refractivity contribution in [3.05, 3.63) is 35.4 Å². The Morgan fingerprint density at radius 1 is 0.825 bits per heavy atom. The molecule has 2 rings (SSSR count). The quantitative estimate of drug-likeness (QED) is 0.135. The van der Waals surface area contributed by atoms with E-state index in [1.165, 1.54) is 94.8 Å². The van der Waals surface area contributed by atoms with Gasteiger partial charge < -0.3 is 20.4 Å². The summed E-state index contributed by atoms with van der Waals surface area (Å²) < 4.78 is 0. The summed E-state index contributed by atoms with van der Waals surface area (Å²) in [6.45, 7) is 5.11. The molecular formula is C33H57N3O4. The van der Waals surface area contributed by atoms with Crippen LogP contribution in [0.2, 0.25) is 0 Å². The van der Waals surface area contributed by atoms with Crippen LogP contribution in [0.25, 0.3) is 0 Å². The van der Waals surface area contributed by atoms with E-state index in [4.69, 9.17) is 0 Å². The molecule has 1 aliphatic heterocycles. The number of aliphatic hydroxyl groups excluding tert-OH is 1. The topological polar surface area (TPSA) is 93.1 Å². The number of carbonyl (C=O) groups is 2. The molecule has 7 nitrogen and oxygen atoms in total. The average molecular weight is 560 g/mol. The van der Waals surface area contributed by atoms with E-state index in [2.05, 4.69) is 17.1 Å². The molecule has 1 aromatic rings. The first-order chi connectivity index (χ1) is 19.6. The third-order valence-electron chi connectivity index (χ3n) is 8.26. The number of rotatable bonds is 22. The summed E-state index contributed by atoms with van der Waals surface area (Å²) in [5, 5.41) is 22.1. The molecule has 40 heavy (non-hydrogen) atoms. The molecule has 1 aliphatic rings. The molecule has 1 unspecified atom stereocenters. The number of carbonyl (C=O) groups excluding carboxylic acids is 1. The maximum Gasteiger partial charge on any atom is 0.407 e. The number of hydrogen-bond acceptors (Lipinski definition) is 4. The minimum atomic E-state index is -0.931. The smallest absolute Gasteiger partial charge is 0.407 e. The van der Waals surface area contributed by atoms with Crippen LogP contribution in [0.1, 0.15) is 126 Å². The van der Waals surface area contributed by atoms with Gasteiger partial charge in [0.2, 0.25) is 0 Å². The summed E-state index contributed by atoms with van der Waals surface area (Å²) in [7, 11) is 0. The molecule has 1 saturated heterocycles. The number of nitrogens with one attached hydrogen (secondary N) is 1. The highest BCUT2D eigenvalue weighted by atomic mass is 16.4. The van der Waals surface area contributed by atoms with Crippen molar-refractivity contribution >= 4 is 12.0 Å². The van der Waals surface area contributed by atoms with Gasteiger partial charge in [-0.05, 0) is 24.5 Å². The zero-order valence-electron chi connectivity index (χ0n) is 25.3. The molecule has 0 spiro atoms. The second-order valence-electron chi connectivity index (χ2n) is 11.6. The SMILES string of the molecule is CCCCCCCCCCCCCCCCCCNC(=O)c1ccccc1CC1CN(CCO)CCN1C(=O)O. The molecule has 0 aliphatic carbocycles. The number of carboxylic acid groups (broad SMARTS) is 1. The Bertz CT molecular complexity index is 819. The summed E-state index contributed by atoms with van der Waals surface area (Å²) in [5.74, 6) is -0.0820. The Morgan fingerprint density at radius 2 is 1.38 bits per heavy atom. The van der Waals surface area contributed by atoms with Gasteiger partial charge in [0, 0.05) is 38.3 Å². The Labute approximate surface area is 243 Å². The molecule has 0 bridgehead atoms.